The first-order valence-corrected chi connectivity index (χ1v) is 12.0. The predicted octanol–water partition coefficient (Wildman–Crippen LogP) is 3.16. The SMILES string of the molecule is C=CCCC(NC(=C)C(CCCNC=O)CC(C)(C)C)C(=O)NS(=C)(=O)C(C)C. The van der Waals surface area contributed by atoms with Crippen molar-refractivity contribution in [3.05, 3.63) is 24.9 Å². The lowest BCUT2D eigenvalue weighted by Gasteiger charge is -2.31. The number of carbonyl (C=O) groups excluding carboxylic acids is 2. The number of carbonyl (C=O) groups is 2. The van der Waals surface area contributed by atoms with Gasteiger partial charge in [0.15, 0.2) is 0 Å². The van der Waals surface area contributed by atoms with Crippen molar-refractivity contribution in [2.24, 2.45) is 11.3 Å². The maximum absolute atomic E-state index is 12.8. The first-order chi connectivity index (χ1) is 13.3. The van der Waals surface area contributed by atoms with Crippen molar-refractivity contribution in [3.63, 3.8) is 0 Å². The summed E-state index contributed by atoms with van der Waals surface area (Å²) in [4.78, 5) is 23.3. The minimum absolute atomic E-state index is 0.0888. The minimum Gasteiger partial charge on any atom is -0.377 e. The van der Waals surface area contributed by atoms with Gasteiger partial charge in [0.1, 0.15) is 6.04 Å². The van der Waals surface area contributed by atoms with E-state index in [1.54, 1.807) is 19.9 Å². The summed E-state index contributed by atoms with van der Waals surface area (Å²) >= 11 is 0. The molecule has 0 aromatic carbocycles. The fourth-order valence-corrected chi connectivity index (χ4v) is 3.62. The number of amides is 2. The van der Waals surface area contributed by atoms with Crippen molar-refractivity contribution in [2.45, 2.75) is 78.0 Å². The molecule has 29 heavy (non-hydrogen) atoms. The lowest BCUT2D eigenvalue weighted by Crippen LogP contribution is -2.48. The van der Waals surface area contributed by atoms with E-state index in [0.717, 1.165) is 25.0 Å². The Morgan fingerprint density at radius 3 is 2.31 bits per heavy atom. The van der Waals surface area contributed by atoms with Crippen molar-refractivity contribution in [3.8, 4) is 0 Å². The van der Waals surface area contributed by atoms with Gasteiger partial charge in [0.05, 0.1) is 0 Å². The fourth-order valence-electron chi connectivity index (χ4n) is 2.90. The third-order valence-electron chi connectivity index (χ3n) is 4.68. The van der Waals surface area contributed by atoms with Crippen LogP contribution in [0, 0.1) is 11.3 Å². The Labute approximate surface area is 178 Å². The molecule has 0 aromatic heterocycles. The van der Waals surface area contributed by atoms with Crippen LogP contribution < -0.4 is 15.4 Å². The molecule has 0 radical (unpaired) electrons. The highest BCUT2D eigenvalue weighted by Crippen LogP contribution is 2.30. The Hall–Kier alpha value is -1.76. The van der Waals surface area contributed by atoms with Gasteiger partial charge in [-0.2, -0.15) is 0 Å². The van der Waals surface area contributed by atoms with E-state index < -0.39 is 15.7 Å². The van der Waals surface area contributed by atoms with Crippen LogP contribution in [0.1, 0.15) is 66.7 Å². The molecule has 0 aromatic rings. The zero-order chi connectivity index (χ0) is 22.7. The van der Waals surface area contributed by atoms with E-state index in [-0.39, 0.29) is 22.5 Å². The molecule has 0 saturated heterocycles. The normalized spacial score (nSPS) is 15.7. The summed E-state index contributed by atoms with van der Waals surface area (Å²) in [5, 5.41) is 5.71. The van der Waals surface area contributed by atoms with Crippen molar-refractivity contribution in [1.29, 1.82) is 0 Å². The van der Waals surface area contributed by atoms with Gasteiger partial charge < -0.3 is 10.6 Å². The molecule has 2 amide bonds. The van der Waals surface area contributed by atoms with Gasteiger partial charge >= 0.3 is 0 Å². The standard InChI is InChI=1S/C22H41N3O3S/c1-9-10-13-20(21(27)25-29(8,28)17(2)3)24-18(4)19(15-22(5,6)7)12-11-14-23-16-26/h9,16-17,19-20,24H,1,4,8,10-15H2,2-3,5-7H3,(H,23,26)(H,25,27,28). The number of hydrogen-bond acceptors (Lipinski definition) is 4. The number of rotatable bonds is 15. The molecule has 0 rings (SSSR count). The minimum atomic E-state index is -2.71. The Kier molecular flexibility index (Phi) is 12.0. The summed E-state index contributed by atoms with van der Waals surface area (Å²) in [6.07, 6.45) is 6.19. The Morgan fingerprint density at radius 2 is 1.83 bits per heavy atom. The summed E-state index contributed by atoms with van der Waals surface area (Å²) in [5.41, 5.74) is 0.876. The van der Waals surface area contributed by atoms with Gasteiger partial charge in [0.2, 0.25) is 6.41 Å². The molecule has 168 valence electrons. The fraction of sp³-hybridized carbons (Fsp3) is 0.682. The third-order valence-corrected chi connectivity index (χ3v) is 6.75. The average Bonchev–Trinajstić information content (AvgIpc) is 2.59. The largest absolute Gasteiger partial charge is 0.377 e. The van der Waals surface area contributed by atoms with E-state index in [9.17, 15) is 13.8 Å². The van der Waals surface area contributed by atoms with Crippen molar-refractivity contribution in [2.75, 3.05) is 6.54 Å². The zero-order valence-corrected chi connectivity index (χ0v) is 19.7. The lowest BCUT2D eigenvalue weighted by molar-refractivity contribution is -0.121. The summed E-state index contributed by atoms with van der Waals surface area (Å²) in [6, 6.07) is -0.558. The zero-order valence-electron chi connectivity index (χ0n) is 18.9. The Balaban J connectivity index is 5.30. The van der Waals surface area contributed by atoms with Gasteiger partial charge in [0, 0.05) is 27.2 Å². The van der Waals surface area contributed by atoms with E-state index in [2.05, 4.69) is 55.2 Å². The van der Waals surface area contributed by atoms with Gasteiger partial charge in [-0.05, 0) is 63.2 Å². The molecular weight excluding hydrogens is 386 g/mol. The molecule has 0 saturated carbocycles. The van der Waals surface area contributed by atoms with Gasteiger partial charge in [-0.3, -0.25) is 14.3 Å². The van der Waals surface area contributed by atoms with Crippen molar-refractivity contribution in [1.82, 2.24) is 15.4 Å². The van der Waals surface area contributed by atoms with Crippen LogP contribution in [0.3, 0.4) is 0 Å². The lowest BCUT2D eigenvalue weighted by atomic mass is 9.81. The second kappa shape index (κ2) is 12.7. The average molecular weight is 428 g/mol. The molecule has 0 spiro atoms. The molecule has 6 nitrogen and oxygen atoms in total. The van der Waals surface area contributed by atoms with Crippen LogP contribution in [-0.4, -0.2) is 40.2 Å². The van der Waals surface area contributed by atoms with Gasteiger partial charge in [0.25, 0.3) is 5.91 Å². The van der Waals surface area contributed by atoms with E-state index in [1.165, 1.54) is 0 Å². The number of nitrogens with one attached hydrogen (secondary N) is 3. The van der Waals surface area contributed by atoms with Crippen molar-refractivity contribution < 1.29 is 13.8 Å². The topological polar surface area (TPSA) is 87.3 Å². The van der Waals surface area contributed by atoms with Crippen LogP contribution in [0.4, 0.5) is 0 Å². The van der Waals surface area contributed by atoms with E-state index in [1.807, 2.05) is 0 Å². The molecular formula is C22H41N3O3S. The summed E-state index contributed by atoms with van der Waals surface area (Å²) < 4.78 is 15.1. The predicted molar refractivity (Wildman–Crippen MR) is 125 cm³/mol. The second-order valence-corrected chi connectivity index (χ2v) is 11.6. The van der Waals surface area contributed by atoms with Crippen molar-refractivity contribution >= 4 is 27.9 Å². The van der Waals surface area contributed by atoms with Crippen LogP contribution in [0.15, 0.2) is 24.9 Å². The molecule has 0 aliphatic heterocycles. The van der Waals surface area contributed by atoms with Gasteiger partial charge in [-0.15, -0.1) is 6.58 Å². The summed E-state index contributed by atoms with van der Waals surface area (Å²) in [7, 11) is -2.71. The first-order valence-electron chi connectivity index (χ1n) is 10.2. The molecule has 3 atom stereocenters. The van der Waals surface area contributed by atoms with E-state index in [0.29, 0.717) is 25.8 Å². The van der Waals surface area contributed by atoms with Crippen LogP contribution in [0.5, 0.6) is 0 Å². The smallest absolute Gasteiger partial charge is 0.253 e. The van der Waals surface area contributed by atoms with E-state index in [4.69, 9.17) is 0 Å². The van der Waals surface area contributed by atoms with Gasteiger partial charge in [-0.1, -0.05) is 33.4 Å². The number of hydrogen-bond donors (Lipinski definition) is 3. The molecule has 0 aliphatic carbocycles. The maximum Gasteiger partial charge on any atom is 0.253 e. The molecule has 0 fully saturated rings. The van der Waals surface area contributed by atoms with Crippen LogP contribution in [0.25, 0.3) is 0 Å². The van der Waals surface area contributed by atoms with Crippen LogP contribution in [-0.2, 0) is 19.3 Å². The Bertz CT molecular complexity index is 649. The summed E-state index contributed by atoms with van der Waals surface area (Å²) in [6.45, 7) is 18.6. The van der Waals surface area contributed by atoms with E-state index >= 15 is 0 Å². The Morgan fingerprint density at radius 1 is 1.21 bits per heavy atom. The van der Waals surface area contributed by atoms with Crippen LogP contribution in [0.2, 0.25) is 0 Å². The van der Waals surface area contributed by atoms with Gasteiger partial charge in [-0.25, -0.2) is 4.21 Å². The maximum atomic E-state index is 12.8. The first kappa shape index (κ1) is 27.2. The molecule has 0 bridgehead atoms. The third kappa shape index (κ3) is 11.7. The monoisotopic (exact) mass is 427 g/mol. The molecule has 7 heteroatoms. The molecule has 3 N–H and O–H groups in total. The molecule has 3 unspecified atom stereocenters. The number of allylic oxidation sites excluding steroid dienone is 2. The second-order valence-electron chi connectivity index (χ2n) is 9.01. The quantitative estimate of drug-likeness (QED) is 0.162. The molecule has 0 aliphatic rings. The highest BCUT2D eigenvalue weighted by atomic mass is 32.2. The van der Waals surface area contributed by atoms with Crippen LogP contribution >= 0.6 is 0 Å². The highest BCUT2D eigenvalue weighted by molar-refractivity contribution is 7.99. The highest BCUT2D eigenvalue weighted by Gasteiger charge is 2.26. The summed E-state index contributed by atoms with van der Waals surface area (Å²) in [5.74, 6) is 3.50. The molecule has 0 heterocycles.